The van der Waals surface area contributed by atoms with Crippen molar-refractivity contribution in [2.24, 2.45) is 11.1 Å². The fraction of sp³-hybridized carbons (Fsp3) is 0.615. The minimum atomic E-state index is -3.77. The van der Waals surface area contributed by atoms with Gasteiger partial charge in [0.15, 0.2) is 0 Å². The van der Waals surface area contributed by atoms with Gasteiger partial charge in [0.2, 0.25) is 10.0 Å². The van der Waals surface area contributed by atoms with Crippen LogP contribution in [-0.2, 0) is 14.8 Å². The summed E-state index contributed by atoms with van der Waals surface area (Å²) in [4.78, 5) is 12.0. The predicted molar refractivity (Wildman–Crippen MR) is 83.0 cm³/mol. The highest BCUT2D eigenvalue weighted by Crippen LogP contribution is 2.25. The quantitative estimate of drug-likeness (QED) is 0.704. The molecule has 0 unspecified atom stereocenters. The Bertz CT molecular complexity index is 579. The van der Waals surface area contributed by atoms with Gasteiger partial charge in [0.25, 0.3) is 5.91 Å². The number of carbonyl (C=O) groups is 1. The topological polar surface area (TPSA) is 98.5 Å². The van der Waals surface area contributed by atoms with Gasteiger partial charge in [-0.25, -0.2) is 13.6 Å². The molecule has 1 aromatic rings. The van der Waals surface area contributed by atoms with E-state index in [1.165, 1.54) is 5.38 Å². The summed E-state index contributed by atoms with van der Waals surface area (Å²) in [5.41, 5.74) is 0.753. The predicted octanol–water partition coefficient (Wildman–Crippen LogP) is 1.50. The highest BCUT2D eigenvalue weighted by Gasteiger charge is 2.20. The molecule has 1 amide bonds. The van der Waals surface area contributed by atoms with Crippen LogP contribution in [0.4, 0.5) is 0 Å². The van der Waals surface area contributed by atoms with E-state index in [1.807, 2.05) is 0 Å². The molecule has 1 aromatic heterocycles. The van der Waals surface area contributed by atoms with Gasteiger partial charge in [-0.1, -0.05) is 13.8 Å². The summed E-state index contributed by atoms with van der Waals surface area (Å²) in [5, 5.41) is 9.34. The number of rotatable bonds is 8. The second kappa shape index (κ2) is 7.88. The first kappa shape index (κ1) is 18.1. The lowest BCUT2D eigenvalue weighted by Crippen LogP contribution is -2.25. The van der Waals surface area contributed by atoms with Gasteiger partial charge < -0.3 is 10.1 Å². The van der Waals surface area contributed by atoms with Crippen molar-refractivity contribution in [3.63, 3.8) is 0 Å². The molecule has 3 N–H and O–H groups in total. The first-order chi connectivity index (χ1) is 9.73. The van der Waals surface area contributed by atoms with Crippen LogP contribution in [-0.4, -0.2) is 34.1 Å². The van der Waals surface area contributed by atoms with Crippen LogP contribution in [0.2, 0.25) is 0 Å². The molecule has 0 aliphatic heterocycles. The maximum Gasteiger partial charge on any atom is 0.252 e. The van der Waals surface area contributed by atoms with Gasteiger partial charge in [0.05, 0.1) is 5.56 Å². The van der Waals surface area contributed by atoms with Crippen LogP contribution in [0.1, 0.15) is 36.2 Å². The largest absolute Gasteiger partial charge is 0.381 e. The molecule has 0 bridgehead atoms. The van der Waals surface area contributed by atoms with Gasteiger partial charge in [0, 0.05) is 25.1 Å². The number of sulfonamides is 1. The zero-order valence-corrected chi connectivity index (χ0v) is 14.1. The minimum absolute atomic E-state index is 0.0351. The lowest BCUT2D eigenvalue weighted by Gasteiger charge is -2.08. The Labute approximate surface area is 129 Å². The second-order valence-corrected chi connectivity index (χ2v) is 7.82. The average Bonchev–Trinajstić information content (AvgIpc) is 2.74. The van der Waals surface area contributed by atoms with Crippen molar-refractivity contribution >= 4 is 27.3 Å². The number of primary sulfonamides is 1. The molecule has 0 aromatic carbocycles. The van der Waals surface area contributed by atoms with E-state index in [-0.39, 0.29) is 10.1 Å². The Hall–Kier alpha value is -0.960. The first-order valence-electron chi connectivity index (χ1n) is 6.70. The Kier molecular flexibility index (Phi) is 6.79. The molecule has 0 fully saturated rings. The second-order valence-electron chi connectivity index (χ2n) is 5.19. The maximum atomic E-state index is 12.0. The molecule has 0 saturated carbocycles. The molecule has 8 heteroatoms. The average molecular weight is 334 g/mol. The van der Waals surface area contributed by atoms with E-state index in [0.717, 1.165) is 11.3 Å². The lowest BCUT2D eigenvalue weighted by molar-refractivity contribution is 0.0924. The van der Waals surface area contributed by atoms with Crippen molar-refractivity contribution < 1.29 is 17.9 Å². The number of ether oxygens (including phenoxy) is 1. The van der Waals surface area contributed by atoms with Crippen molar-refractivity contribution in [2.75, 3.05) is 19.8 Å². The summed E-state index contributed by atoms with van der Waals surface area (Å²) in [6, 6.07) is 0. The van der Waals surface area contributed by atoms with Gasteiger partial charge in [-0.15, -0.1) is 11.3 Å². The van der Waals surface area contributed by atoms with E-state index in [4.69, 9.17) is 9.88 Å². The molecule has 1 rings (SSSR count). The highest BCUT2D eigenvalue weighted by atomic mass is 32.2. The highest BCUT2D eigenvalue weighted by molar-refractivity contribution is 7.91. The van der Waals surface area contributed by atoms with Gasteiger partial charge >= 0.3 is 0 Å². The van der Waals surface area contributed by atoms with Gasteiger partial charge in [-0.3, -0.25) is 4.79 Å². The third-order valence-electron chi connectivity index (χ3n) is 2.70. The van der Waals surface area contributed by atoms with Crippen LogP contribution in [0.25, 0.3) is 0 Å². The standard InChI is InChI=1S/C13H22N2O4S2/c1-9(2)7-19-6-4-5-15-12(16)11-8-20-13(10(11)3)21(14,17)18/h8-9H,4-7H2,1-3H3,(H,15,16)(H2,14,17,18). The molecule has 21 heavy (non-hydrogen) atoms. The number of thiophene rings is 1. The Morgan fingerprint density at radius 2 is 2.14 bits per heavy atom. The summed E-state index contributed by atoms with van der Waals surface area (Å²) in [7, 11) is -3.77. The van der Waals surface area contributed by atoms with Crippen molar-refractivity contribution in [3.05, 3.63) is 16.5 Å². The van der Waals surface area contributed by atoms with E-state index >= 15 is 0 Å². The fourth-order valence-corrected chi connectivity index (χ4v) is 3.71. The number of hydrogen-bond donors (Lipinski definition) is 2. The van der Waals surface area contributed by atoms with Crippen LogP contribution >= 0.6 is 11.3 Å². The zero-order chi connectivity index (χ0) is 16.0. The summed E-state index contributed by atoms with van der Waals surface area (Å²) in [6.07, 6.45) is 0.712. The minimum Gasteiger partial charge on any atom is -0.381 e. The molecule has 0 aliphatic carbocycles. The number of amides is 1. The summed E-state index contributed by atoms with van der Waals surface area (Å²) < 4.78 is 28.1. The molecule has 0 spiro atoms. The lowest BCUT2D eigenvalue weighted by atomic mass is 10.2. The SMILES string of the molecule is Cc1c(C(=O)NCCCOCC(C)C)csc1S(N)(=O)=O. The number of nitrogens with two attached hydrogens (primary N) is 1. The first-order valence-corrected chi connectivity index (χ1v) is 9.13. The molecule has 0 aliphatic rings. The van der Waals surface area contributed by atoms with Gasteiger partial charge in [-0.05, 0) is 24.8 Å². The van der Waals surface area contributed by atoms with E-state index in [0.29, 0.717) is 43.2 Å². The van der Waals surface area contributed by atoms with Crippen molar-refractivity contribution in [1.82, 2.24) is 5.32 Å². The molecule has 120 valence electrons. The maximum absolute atomic E-state index is 12.0. The van der Waals surface area contributed by atoms with Crippen LogP contribution in [0.5, 0.6) is 0 Å². The fourth-order valence-electron chi connectivity index (χ4n) is 1.69. The summed E-state index contributed by atoms with van der Waals surface area (Å²) in [5.74, 6) is 0.201. The van der Waals surface area contributed by atoms with E-state index in [1.54, 1.807) is 6.92 Å². The normalized spacial score (nSPS) is 11.9. The van der Waals surface area contributed by atoms with E-state index in [2.05, 4.69) is 19.2 Å². The Morgan fingerprint density at radius 3 is 2.67 bits per heavy atom. The van der Waals surface area contributed by atoms with Crippen LogP contribution < -0.4 is 10.5 Å². The third kappa shape index (κ3) is 5.74. The smallest absolute Gasteiger partial charge is 0.252 e. The number of nitrogens with one attached hydrogen (secondary N) is 1. The molecule has 1 heterocycles. The van der Waals surface area contributed by atoms with Crippen molar-refractivity contribution in [3.8, 4) is 0 Å². The van der Waals surface area contributed by atoms with Crippen LogP contribution in [0, 0.1) is 12.8 Å². The van der Waals surface area contributed by atoms with Crippen molar-refractivity contribution in [2.45, 2.75) is 31.4 Å². The Morgan fingerprint density at radius 1 is 1.48 bits per heavy atom. The molecular formula is C13H22N2O4S2. The summed E-state index contributed by atoms with van der Waals surface area (Å²) >= 11 is 0.963. The number of carbonyl (C=O) groups excluding carboxylic acids is 1. The van der Waals surface area contributed by atoms with Gasteiger partial charge in [-0.2, -0.15) is 0 Å². The molecule has 0 radical (unpaired) electrons. The summed E-state index contributed by atoms with van der Waals surface area (Å²) in [6.45, 7) is 7.50. The van der Waals surface area contributed by atoms with E-state index in [9.17, 15) is 13.2 Å². The Balaban J connectivity index is 2.45. The van der Waals surface area contributed by atoms with E-state index < -0.39 is 10.0 Å². The third-order valence-corrected chi connectivity index (χ3v) is 5.38. The molecule has 0 saturated heterocycles. The monoisotopic (exact) mass is 334 g/mol. The molecule has 6 nitrogen and oxygen atoms in total. The van der Waals surface area contributed by atoms with Crippen molar-refractivity contribution in [1.29, 1.82) is 0 Å². The van der Waals surface area contributed by atoms with Crippen LogP contribution in [0.3, 0.4) is 0 Å². The zero-order valence-electron chi connectivity index (χ0n) is 12.5. The van der Waals surface area contributed by atoms with Crippen LogP contribution in [0.15, 0.2) is 9.59 Å². The molecular weight excluding hydrogens is 312 g/mol. The number of hydrogen-bond acceptors (Lipinski definition) is 5. The molecule has 0 atom stereocenters. The van der Waals surface area contributed by atoms with Gasteiger partial charge in [0.1, 0.15) is 4.21 Å².